The SMILES string of the molecule is CC(C)c1cc(Nc2ccccc2C(C)N)ncn1. The fourth-order valence-corrected chi connectivity index (χ4v) is 1.90. The first-order valence-electron chi connectivity index (χ1n) is 6.51. The first-order valence-corrected chi connectivity index (χ1v) is 6.51. The number of hydrogen-bond acceptors (Lipinski definition) is 4. The summed E-state index contributed by atoms with van der Waals surface area (Å²) in [6.45, 7) is 6.20. The molecule has 1 atom stereocenters. The molecule has 4 nitrogen and oxygen atoms in total. The molecule has 1 aromatic carbocycles. The fraction of sp³-hybridized carbons (Fsp3) is 0.333. The molecule has 0 saturated carbocycles. The molecule has 4 heteroatoms. The van der Waals surface area contributed by atoms with Crippen molar-refractivity contribution in [3.8, 4) is 0 Å². The van der Waals surface area contributed by atoms with Crippen molar-refractivity contribution in [2.45, 2.75) is 32.7 Å². The number of para-hydroxylation sites is 1. The molecule has 1 aromatic heterocycles. The van der Waals surface area contributed by atoms with E-state index in [0.29, 0.717) is 5.92 Å². The second-order valence-corrected chi connectivity index (χ2v) is 4.98. The van der Waals surface area contributed by atoms with Crippen LogP contribution in [-0.4, -0.2) is 9.97 Å². The quantitative estimate of drug-likeness (QED) is 0.880. The van der Waals surface area contributed by atoms with Crippen LogP contribution in [0.25, 0.3) is 0 Å². The topological polar surface area (TPSA) is 63.8 Å². The van der Waals surface area contributed by atoms with Crippen LogP contribution in [-0.2, 0) is 0 Å². The summed E-state index contributed by atoms with van der Waals surface area (Å²) in [5, 5.41) is 3.32. The number of nitrogens with one attached hydrogen (secondary N) is 1. The van der Waals surface area contributed by atoms with Gasteiger partial charge in [0.25, 0.3) is 0 Å². The molecule has 0 saturated heterocycles. The van der Waals surface area contributed by atoms with E-state index in [4.69, 9.17) is 5.73 Å². The molecular formula is C15H20N4. The molecule has 0 spiro atoms. The highest BCUT2D eigenvalue weighted by Gasteiger charge is 2.08. The van der Waals surface area contributed by atoms with E-state index in [9.17, 15) is 0 Å². The molecular weight excluding hydrogens is 236 g/mol. The van der Waals surface area contributed by atoms with E-state index >= 15 is 0 Å². The number of hydrogen-bond donors (Lipinski definition) is 2. The summed E-state index contributed by atoms with van der Waals surface area (Å²) in [4.78, 5) is 8.52. The van der Waals surface area contributed by atoms with E-state index in [-0.39, 0.29) is 6.04 Å². The number of rotatable bonds is 4. The number of benzene rings is 1. The van der Waals surface area contributed by atoms with Gasteiger partial charge < -0.3 is 11.1 Å². The number of aromatic nitrogens is 2. The van der Waals surface area contributed by atoms with Gasteiger partial charge in [-0.25, -0.2) is 9.97 Å². The van der Waals surface area contributed by atoms with Crippen LogP contribution < -0.4 is 11.1 Å². The Balaban J connectivity index is 2.29. The van der Waals surface area contributed by atoms with Crippen LogP contribution in [0.1, 0.15) is 44.0 Å². The predicted octanol–water partition coefficient (Wildman–Crippen LogP) is 3.36. The first kappa shape index (κ1) is 13.5. The Morgan fingerprint density at radius 2 is 1.84 bits per heavy atom. The van der Waals surface area contributed by atoms with Gasteiger partial charge in [-0.3, -0.25) is 0 Å². The van der Waals surface area contributed by atoms with Crippen molar-refractivity contribution in [3.63, 3.8) is 0 Å². The van der Waals surface area contributed by atoms with Crippen LogP contribution in [0.4, 0.5) is 11.5 Å². The molecule has 1 heterocycles. The third-order valence-electron chi connectivity index (χ3n) is 2.99. The van der Waals surface area contributed by atoms with E-state index in [0.717, 1.165) is 22.8 Å². The van der Waals surface area contributed by atoms with Crippen molar-refractivity contribution in [2.24, 2.45) is 5.73 Å². The first-order chi connectivity index (χ1) is 9.08. The maximum Gasteiger partial charge on any atom is 0.134 e. The van der Waals surface area contributed by atoms with Crippen LogP contribution in [0.2, 0.25) is 0 Å². The molecule has 19 heavy (non-hydrogen) atoms. The van der Waals surface area contributed by atoms with Gasteiger partial charge in [-0.05, 0) is 24.5 Å². The minimum absolute atomic E-state index is 0.0184. The highest BCUT2D eigenvalue weighted by molar-refractivity contribution is 5.61. The second kappa shape index (κ2) is 5.80. The van der Waals surface area contributed by atoms with Gasteiger partial charge in [-0.2, -0.15) is 0 Å². The summed E-state index contributed by atoms with van der Waals surface area (Å²) in [6, 6.07) is 9.97. The second-order valence-electron chi connectivity index (χ2n) is 4.98. The van der Waals surface area contributed by atoms with Gasteiger partial charge in [0.15, 0.2) is 0 Å². The molecule has 0 aliphatic rings. The van der Waals surface area contributed by atoms with Crippen LogP contribution in [0.15, 0.2) is 36.7 Å². The zero-order chi connectivity index (χ0) is 13.8. The summed E-state index contributed by atoms with van der Waals surface area (Å²) in [6.07, 6.45) is 1.59. The Hall–Kier alpha value is -1.94. The predicted molar refractivity (Wildman–Crippen MR) is 78.4 cm³/mol. The Kier molecular flexibility index (Phi) is 4.12. The molecule has 2 rings (SSSR count). The zero-order valence-corrected chi connectivity index (χ0v) is 11.6. The molecule has 0 fully saturated rings. The van der Waals surface area contributed by atoms with Crippen molar-refractivity contribution < 1.29 is 0 Å². The van der Waals surface area contributed by atoms with Crippen molar-refractivity contribution in [3.05, 3.63) is 47.9 Å². The van der Waals surface area contributed by atoms with Crippen molar-refractivity contribution >= 4 is 11.5 Å². The molecule has 0 radical (unpaired) electrons. The number of anilines is 2. The maximum atomic E-state index is 5.97. The Labute approximate surface area is 114 Å². The Morgan fingerprint density at radius 1 is 1.11 bits per heavy atom. The van der Waals surface area contributed by atoms with Crippen molar-refractivity contribution in [2.75, 3.05) is 5.32 Å². The normalized spacial score (nSPS) is 12.5. The van der Waals surface area contributed by atoms with Gasteiger partial charge in [0, 0.05) is 23.5 Å². The lowest BCUT2D eigenvalue weighted by Crippen LogP contribution is -2.08. The van der Waals surface area contributed by atoms with E-state index in [1.807, 2.05) is 37.3 Å². The van der Waals surface area contributed by atoms with Crippen LogP contribution >= 0.6 is 0 Å². The van der Waals surface area contributed by atoms with Crippen molar-refractivity contribution in [1.29, 1.82) is 0 Å². The minimum Gasteiger partial charge on any atom is -0.340 e. The summed E-state index contributed by atoms with van der Waals surface area (Å²) in [5.41, 5.74) is 9.07. The highest BCUT2D eigenvalue weighted by Crippen LogP contribution is 2.24. The monoisotopic (exact) mass is 256 g/mol. The third kappa shape index (κ3) is 3.29. The Morgan fingerprint density at radius 3 is 2.53 bits per heavy atom. The molecule has 100 valence electrons. The lowest BCUT2D eigenvalue weighted by atomic mass is 10.1. The minimum atomic E-state index is -0.0184. The van der Waals surface area contributed by atoms with Crippen LogP contribution in [0.3, 0.4) is 0 Å². The van der Waals surface area contributed by atoms with Gasteiger partial charge >= 0.3 is 0 Å². The van der Waals surface area contributed by atoms with E-state index in [2.05, 4.69) is 29.1 Å². The summed E-state index contributed by atoms with van der Waals surface area (Å²) in [5.74, 6) is 1.18. The largest absolute Gasteiger partial charge is 0.340 e. The van der Waals surface area contributed by atoms with Crippen molar-refractivity contribution in [1.82, 2.24) is 9.97 Å². The van der Waals surface area contributed by atoms with Gasteiger partial charge in [-0.15, -0.1) is 0 Å². The third-order valence-corrected chi connectivity index (χ3v) is 2.99. The van der Waals surface area contributed by atoms with Gasteiger partial charge in [0.2, 0.25) is 0 Å². The van der Waals surface area contributed by atoms with E-state index in [1.54, 1.807) is 6.33 Å². The average molecular weight is 256 g/mol. The lowest BCUT2D eigenvalue weighted by Gasteiger charge is -2.14. The van der Waals surface area contributed by atoms with Gasteiger partial charge in [0.05, 0.1) is 0 Å². The zero-order valence-electron chi connectivity index (χ0n) is 11.6. The van der Waals surface area contributed by atoms with E-state index < -0.39 is 0 Å². The van der Waals surface area contributed by atoms with Gasteiger partial charge in [-0.1, -0.05) is 32.0 Å². The fourth-order valence-electron chi connectivity index (χ4n) is 1.90. The smallest absolute Gasteiger partial charge is 0.134 e. The molecule has 3 N–H and O–H groups in total. The maximum absolute atomic E-state index is 5.97. The summed E-state index contributed by atoms with van der Waals surface area (Å²) < 4.78 is 0. The molecule has 0 aliphatic heterocycles. The van der Waals surface area contributed by atoms with Crippen LogP contribution in [0.5, 0.6) is 0 Å². The van der Waals surface area contributed by atoms with E-state index in [1.165, 1.54) is 0 Å². The molecule has 2 aromatic rings. The molecule has 0 amide bonds. The number of nitrogens with two attached hydrogens (primary N) is 1. The standard InChI is InChI=1S/C15H20N4/c1-10(2)14-8-15(18-9-17-14)19-13-7-5-4-6-12(13)11(3)16/h4-11H,16H2,1-3H3,(H,17,18,19). The number of nitrogens with zero attached hydrogens (tertiary/aromatic N) is 2. The molecule has 1 unspecified atom stereocenters. The molecule has 0 aliphatic carbocycles. The summed E-state index contributed by atoms with van der Waals surface area (Å²) in [7, 11) is 0. The molecule has 0 bridgehead atoms. The lowest BCUT2D eigenvalue weighted by molar-refractivity contribution is 0.813. The Bertz CT molecular complexity index is 549. The highest BCUT2D eigenvalue weighted by atomic mass is 15.0. The van der Waals surface area contributed by atoms with Crippen LogP contribution in [0, 0.1) is 0 Å². The average Bonchev–Trinajstić information content (AvgIpc) is 2.39. The summed E-state index contributed by atoms with van der Waals surface area (Å²) >= 11 is 0. The van der Waals surface area contributed by atoms with Gasteiger partial charge in [0.1, 0.15) is 12.1 Å².